The SMILES string of the molecule is ClC=C(Cl)CNCCCCn1ccnc1. The van der Waals surface area contributed by atoms with Gasteiger partial charge >= 0.3 is 0 Å². The van der Waals surface area contributed by atoms with Crippen molar-refractivity contribution in [2.45, 2.75) is 19.4 Å². The third-order valence-electron chi connectivity index (χ3n) is 1.99. The van der Waals surface area contributed by atoms with Crippen LogP contribution in [-0.2, 0) is 6.54 Å². The number of nitrogens with one attached hydrogen (secondary N) is 1. The Labute approximate surface area is 100 Å². The highest BCUT2D eigenvalue weighted by Gasteiger charge is 1.93. The van der Waals surface area contributed by atoms with E-state index in [1.807, 2.05) is 12.5 Å². The first-order chi connectivity index (χ1) is 7.33. The Morgan fingerprint density at radius 3 is 3.00 bits per heavy atom. The van der Waals surface area contributed by atoms with Crippen LogP contribution in [0, 0.1) is 0 Å². The molecule has 0 atom stereocenters. The maximum Gasteiger partial charge on any atom is 0.0945 e. The van der Waals surface area contributed by atoms with Crippen molar-refractivity contribution in [2.24, 2.45) is 0 Å². The van der Waals surface area contributed by atoms with Gasteiger partial charge in [0.05, 0.1) is 6.33 Å². The average molecular weight is 248 g/mol. The number of hydrogen-bond acceptors (Lipinski definition) is 2. The molecule has 3 nitrogen and oxygen atoms in total. The molecule has 0 spiro atoms. The van der Waals surface area contributed by atoms with E-state index in [-0.39, 0.29) is 0 Å². The number of aromatic nitrogens is 2. The van der Waals surface area contributed by atoms with E-state index in [1.165, 1.54) is 5.54 Å². The van der Waals surface area contributed by atoms with Gasteiger partial charge in [0.1, 0.15) is 0 Å². The van der Waals surface area contributed by atoms with Crippen LogP contribution in [-0.4, -0.2) is 22.6 Å². The van der Waals surface area contributed by atoms with Gasteiger partial charge in [0.2, 0.25) is 0 Å². The Balaban J connectivity index is 1.94. The second-order valence-corrected chi connectivity index (χ2v) is 3.94. The molecule has 1 rings (SSSR count). The van der Waals surface area contributed by atoms with Crippen molar-refractivity contribution in [3.05, 3.63) is 29.3 Å². The maximum atomic E-state index is 5.71. The molecule has 0 bridgehead atoms. The summed E-state index contributed by atoms with van der Waals surface area (Å²) in [4.78, 5) is 3.98. The number of halogens is 2. The van der Waals surface area contributed by atoms with E-state index >= 15 is 0 Å². The molecule has 0 unspecified atom stereocenters. The Kier molecular flexibility index (Phi) is 6.48. The van der Waals surface area contributed by atoms with Crippen LogP contribution in [0.4, 0.5) is 0 Å². The molecule has 0 radical (unpaired) electrons. The van der Waals surface area contributed by atoms with E-state index in [4.69, 9.17) is 23.2 Å². The predicted octanol–water partition coefficient (Wildman–Crippen LogP) is 2.57. The summed E-state index contributed by atoms with van der Waals surface area (Å²) >= 11 is 11.1. The fraction of sp³-hybridized carbons (Fsp3) is 0.500. The molecule has 0 amide bonds. The van der Waals surface area contributed by atoms with Gasteiger partial charge in [0, 0.05) is 36.1 Å². The molecule has 1 heterocycles. The third kappa shape index (κ3) is 5.82. The molecule has 0 aromatic carbocycles. The molecular formula is C10H15Cl2N3. The zero-order valence-corrected chi connectivity index (χ0v) is 10.0. The fourth-order valence-electron chi connectivity index (χ4n) is 1.21. The number of rotatable bonds is 7. The molecule has 0 aliphatic carbocycles. The summed E-state index contributed by atoms with van der Waals surface area (Å²) in [5.41, 5.74) is 1.39. The van der Waals surface area contributed by atoms with E-state index in [9.17, 15) is 0 Å². The predicted molar refractivity (Wildman–Crippen MR) is 64.1 cm³/mol. The van der Waals surface area contributed by atoms with Crippen LogP contribution in [0.15, 0.2) is 29.3 Å². The molecule has 0 aliphatic heterocycles. The highest BCUT2D eigenvalue weighted by Crippen LogP contribution is 2.00. The normalized spacial score (nSPS) is 12.0. The second kappa shape index (κ2) is 7.74. The fourth-order valence-corrected chi connectivity index (χ4v) is 1.38. The van der Waals surface area contributed by atoms with Crippen LogP contribution in [0.25, 0.3) is 0 Å². The number of aryl methyl sites for hydroxylation is 1. The van der Waals surface area contributed by atoms with Crippen molar-refractivity contribution < 1.29 is 0 Å². The quantitative estimate of drug-likeness (QED) is 0.751. The van der Waals surface area contributed by atoms with Crippen LogP contribution < -0.4 is 5.32 Å². The lowest BCUT2D eigenvalue weighted by molar-refractivity contribution is 0.581. The number of hydrogen-bond donors (Lipinski definition) is 1. The van der Waals surface area contributed by atoms with Crippen LogP contribution in [0.2, 0.25) is 0 Å². The first kappa shape index (κ1) is 12.6. The molecule has 5 heteroatoms. The molecule has 84 valence electrons. The van der Waals surface area contributed by atoms with Gasteiger partial charge in [-0.05, 0) is 19.4 Å². The number of unbranched alkanes of at least 4 members (excludes halogenated alkanes) is 1. The molecule has 0 aliphatic rings. The largest absolute Gasteiger partial charge is 0.337 e. The summed E-state index contributed by atoms with van der Waals surface area (Å²) < 4.78 is 2.08. The van der Waals surface area contributed by atoms with Crippen molar-refractivity contribution >= 4 is 23.2 Å². The molecule has 0 saturated carbocycles. The Morgan fingerprint density at radius 1 is 1.47 bits per heavy atom. The molecule has 1 aromatic rings. The van der Waals surface area contributed by atoms with Crippen molar-refractivity contribution in [1.29, 1.82) is 0 Å². The second-order valence-electron chi connectivity index (χ2n) is 3.24. The highest BCUT2D eigenvalue weighted by molar-refractivity contribution is 6.36. The highest BCUT2D eigenvalue weighted by atomic mass is 35.5. The molecule has 0 saturated heterocycles. The Hall–Kier alpha value is -0.510. The van der Waals surface area contributed by atoms with Crippen LogP contribution in [0.3, 0.4) is 0 Å². The van der Waals surface area contributed by atoms with Gasteiger partial charge in [-0.15, -0.1) is 0 Å². The van der Waals surface area contributed by atoms with Crippen LogP contribution in [0.5, 0.6) is 0 Å². The summed E-state index contributed by atoms with van der Waals surface area (Å²) in [6.45, 7) is 2.62. The van der Waals surface area contributed by atoms with Gasteiger partial charge in [-0.1, -0.05) is 23.2 Å². The molecule has 1 N–H and O–H groups in total. The van der Waals surface area contributed by atoms with E-state index in [0.717, 1.165) is 25.9 Å². The minimum Gasteiger partial charge on any atom is -0.337 e. The summed E-state index contributed by atoms with van der Waals surface area (Å²) in [6.07, 6.45) is 7.85. The van der Waals surface area contributed by atoms with Gasteiger partial charge < -0.3 is 9.88 Å². The minimum atomic E-state index is 0.645. The first-order valence-corrected chi connectivity index (χ1v) is 5.75. The summed E-state index contributed by atoms with van der Waals surface area (Å²) in [7, 11) is 0. The standard InChI is InChI=1S/C10H15Cl2N3/c11-7-10(12)8-13-3-1-2-5-15-6-4-14-9-15/h4,6-7,9,13H,1-3,5,8H2. The summed E-state index contributed by atoms with van der Waals surface area (Å²) in [5, 5.41) is 3.85. The first-order valence-electron chi connectivity index (χ1n) is 4.94. The average Bonchev–Trinajstić information content (AvgIpc) is 2.75. The minimum absolute atomic E-state index is 0.645. The summed E-state index contributed by atoms with van der Waals surface area (Å²) in [5.74, 6) is 0. The Bertz CT molecular complexity index is 283. The van der Waals surface area contributed by atoms with Gasteiger partial charge in [0.15, 0.2) is 0 Å². The van der Waals surface area contributed by atoms with Gasteiger partial charge in [-0.3, -0.25) is 0 Å². The number of imidazole rings is 1. The molecule has 15 heavy (non-hydrogen) atoms. The van der Waals surface area contributed by atoms with E-state index in [0.29, 0.717) is 11.6 Å². The lowest BCUT2D eigenvalue weighted by atomic mass is 10.3. The van der Waals surface area contributed by atoms with Gasteiger partial charge in [0.25, 0.3) is 0 Å². The van der Waals surface area contributed by atoms with Gasteiger partial charge in [-0.2, -0.15) is 0 Å². The van der Waals surface area contributed by atoms with Crippen molar-refractivity contribution in [3.63, 3.8) is 0 Å². The van der Waals surface area contributed by atoms with Crippen molar-refractivity contribution in [2.75, 3.05) is 13.1 Å². The molecule has 0 fully saturated rings. The van der Waals surface area contributed by atoms with Crippen LogP contribution in [0.1, 0.15) is 12.8 Å². The van der Waals surface area contributed by atoms with Crippen LogP contribution >= 0.6 is 23.2 Å². The van der Waals surface area contributed by atoms with Gasteiger partial charge in [-0.25, -0.2) is 4.98 Å². The van der Waals surface area contributed by atoms with E-state index in [1.54, 1.807) is 6.20 Å². The van der Waals surface area contributed by atoms with Crippen molar-refractivity contribution in [3.8, 4) is 0 Å². The number of nitrogens with zero attached hydrogens (tertiary/aromatic N) is 2. The zero-order chi connectivity index (χ0) is 10.9. The molecule has 1 aromatic heterocycles. The molecular weight excluding hydrogens is 233 g/mol. The lowest BCUT2D eigenvalue weighted by Crippen LogP contribution is -2.17. The smallest absolute Gasteiger partial charge is 0.0945 e. The maximum absolute atomic E-state index is 5.71. The Morgan fingerprint density at radius 2 is 2.33 bits per heavy atom. The monoisotopic (exact) mass is 247 g/mol. The van der Waals surface area contributed by atoms with E-state index < -0.39 is 0 Å². The lowest BCUT2D eigenvalue weighted by Gasteiger charge is -2.04. The van der Waals surface area contributed by atoms with Crippen molar-refractivity contribution in [1.82, 2.24) is 14.9 Å². The van der Waals surface area contributed by atoms with E-state index in [2.05, 4.69) is 14.9 Å². The third-order valence-corrected chi connectivity index (χ3v) is 2.61. The topological polar surface area (TPSA) is 29.9 Å². The summed E-state index contributed by atoms with van der Waals surface area (Å²) in [6, 6.07) is 0. The zero-order valence-electron chi connectivity index (χ0n) is 8.50.